The minimum atomic E-state index is -3.13. The molecule has 0 atom stereocenters. The van der Waals surface area contributed by atoms with Gasteiger partial charge in [0.05, 0.1) is 19.4 Å². The maximum atomic E-state index is 12.3. The monoisotopic (exact) mass is 296 g/mol. The van der Waals surface area contributed by atoms with E-state index in [0.717, 1.165) is 0 Å². The van der Waals surface area contributed by atoms with Gasteiger partial charge in [0.25, 0.3) is 0 Å². The molecule has 0 spiro atoms. The molecule has 0 aliphatic heterocycles. The van der Waals surface area contributed by atoms with E-state index in [0.29, 0.717) is 28.8 Å². The third-order valence-corrected chi connectivity index (χ3v) is 4.66. The van der Waals surface area contributed by atoms with E-state index >= 15 is 0 Å². The quantitative estimate of drug-likeness (QED) is 0.710. The Hall–Kier alpha value is -0.0500. The summed E-state index contributed by atoms with van der Waals surface area (Å²) in [6.45, 7) is 4.20. The van der Waals surface area contributed by atoms with Crippen LogP contribution in [-0.2, 0) is 19.8 Å². The summed E-state index contributed by atoms with van der Waals surface area (Å²) in [4.78, 5) is 0. The predicted molar refractivity (Wildman–Crippen MR) is 71.0 cm³/mol. The maximum absolute atomic E-state index is 12.3. The number of hydrogen-bond acceptors (Lipinski definition) is 3. The molecule has 96 valence electrons. The van der Waals surface area contributed by atoms with E-state index in [1.54, 1.807) is 32.0 Å². The van der Waals surface area contributed by atoms with Gasteiger partial charge in [-0.2, -0.15) is 0 Å². The molecule has 0 unspecified atom stereocenters. The van der Waals surface area contributed by atoms with Crippen LogP contribution in [0.3, 0.4) is 0 Å². The van der Waals surface area contributed by atoms with Gasteiger partial charge < -0.3 is 9.05 Å². The summed E-state index contributed by atoms with van der Waals surface area (Å²) < 4.78 is 22.7. The maximum Gasteiger partial charge on any atom is 0.335 e. The lowest BCUT2D eigenvalue weighted by molar-refractivity contribution is 0.219. The Morgan fingerprint density at radius 2 is 1.76 bits per heavy atom. The van der Waals surface area contributed by atoms with E-state index in [-0.39, 0.29) is 6.16 Å². The standard InChI is InChI=1S/C11H15Cl2O3P/c1-3-15-17(14,16-4-2)8-9-7-10(12)5-6-11(9)13/h5-7H,3-4,8H2,1-2H3. The summed E-state index contributed by atoms with van der Waals surface area (Å²) in [5.74, 6) is 0. The molecule has 0 fully saturated rings. The molecule has 0 bridgehead atoms. The molecule has 0 N–H and O–H groups in total. The third kappa shape index (κ3) is 4.61. The molecule has 17 heavy (non-hydrogen) atoms. The SMILES string of the molecule is CCOP(=O)(Cc1cc(Cl)ccc1Cl)OCC. The van der Waals surface area contributed by atoms with Crippen LogP contribution >= 0.6 is 30.8 Å². The Balaban J connectivity index is 2.93. The largest absolute Gasteiger partial charge is 0.335 e. The second-order valence-electron chi connectivity index (χ2n) is 3.34. The lowest BCUT2D eigenvalue weighted by Gasteiger charge is -2.17. The van der Waals surface area contributed by atoms with Gasteiger partial charge in [-0.25, -0.2) is 0 Å². The first kappa shape index (κ1) is 15.0. The van der Waals surface area contributed by atoms with E-state index < -0.39 is 7.60 Å². The van der Waals surface area contributed by atoms with Crippen LogP contribution in [-0.4, -0.2) is 13.2 Å². The molecule has 0 radical (unpaired) electrons. The molecule has 0 amide bonds. The number of hydrogen-bond donors (Lipinski definition) is 0. The Morgan fingerprint density at radius 3 is 2.29 bits per heavy atom. The van der Waals surface area contributed by atoms with Crippen LogP contribution in [0.25, 0.3) is 0 Å². The molecule has 0 aromatic heterocycles. The lowest BCUT2D eigenvalue weighted by Crippen LogP contribution is -1.99. The molecule has 1 rings (SSSR count). The van der Waals surface area contributed by atoms with Crippen molar-refractivity contribution in [3.63, 3.8) is 0 Å². The van der Waals surface area contributed by atoms with E-state index in [4.69, 9.17) is 32.2 Å². The van der Waals surface area contributed by atoms with Crippen LogP contribution < -0.4 is 0 Å². The Bertz CT molecular complexity index is 413. The van der Waals surface area contributed by atoms with Crippen LogP contribution in [0.1, 0.15) is 19.4 Å². The van der Waals surface area contributed by atoms with Gasteiger partial charge in [0.2, 0.25) is 0 Å². The Kier molecular flexibility index (Phi) is 5.98. The summed E-state index contributed by atoms with van der Waals surface area (Å²) in [6, 6.07) is 5.02. The van der Waals surface area contributed by atoms with Crippen molar-refractivity contribution in [2.45, 2.75) is 20.0 Å². The van der Waals surface area contributed by atoms with Gasteiger partial charge >= 0.3 is 7.60 Å². The fourth-order valence-corrected chi connectivity index (χ4v) is 3.59. The molecule has 3 nitrogen and oxygen atoms in total. The third-order valence-electron chi connectivity index (χ3n) is 2.02. The zero-order valence-corrected chi connectivity index (χ0v) is 12.2. The molecule has 0 aliphatic rings. The van der Waals surface area contributed by atoms with Crippen LogP contribution in [0, 0.1) is 0 Å². The number of halogens is 2. The molecule has 0 aliphatic carbocycles. The Morgan fingerprint density at radius 1 is 1.18 bits per heavy atom. The second-order valence-corrected chi connectivity index (χ2v) is 6.24. The van der Waals surface area contributed by atoms with E-state index in [9.17, 15) is 4.57 Å². The molecule has 0 heterocycles. The van der Waals surface area contributed by atoms with Crippen molar-refractivity contribution in [1.82, 2.24) is 0 Å². The number of rotatable bonds is 6. The van der Waals surface area contributed by atoms with Crippen molar-refractivity contribution in [3.8, 4) is 0 Å². The van der Waals surface area contributed by atoms with Crippen molar-refractivity contribution < 1.29 is 13.6 Å². The smallest absolute Gasteiger partial charge is 0.309 e. The molecule has 1 aromatic carbocycles. The summed E-state index contributed by atoms with van der Waals surface area (Å²) in [6.07, 6.45) is 0.133. The van der Waals surface area contributed by atoms with E-state index in [1.807, 2.05) is 0 Å². The van der Waals surface area contributed by atoms with Gasteiger partial charge in [-0.1, -0.05) is 23.2 Å². The van der Waals surface area contributed by atoms with Crippen molar-refractivity contribution >= 4 is 30.8 Å². The zero-order chi connectivity index (χ0) is 12.9. The zero-order valence-electron chi connectivity index (χ0n) is 9.78. The van der Waals surface area contributed by atoms with Crippen LogP contribution in [0.2, 0.25) is 10.0 Å². The normalized spacial score (nSPS) is 11.8. The van der Waals surface area contributed by atoms with Crippen molar-refractivity contribution in [1.29, 1.82) is 0 Å². The van der Waals surface area contributed by atoms with Gasteiger partial charge in [0.1, 0.15) is 0 Å². The fraction of sp³-hybridized carbons (Fsp3) is 0.455. The molecular formula is C11H15Cl2O3P. The van der Waals surface area contributed by atoms with Crippen molar-refractivity contribution in [2.24, 2.45) is 0 Å². The fourth-order valence-electron chi connectivity index (χ4n) is 1.40. The molecule has 6 heteroatoms. The average Bonchev–Trinajstić information content (AvgIpc) is 2.24. The Labute approximate surface area is 112 Å². The first-order valence-corrected chi connectivity index (χ1v) is 7.81. The van der Waals surface area contributed by atoms with Crippen LogP contribution in [0.4, 0.5) is 0 Å². The highest BCUT2D eigenvalue weighted by Gasteiger charge is 2.25. The lowest BCUT2D eigenvalue weighted by atomic mass is 10.2. The van der Waals surface area contributed by atoms with E-state index in [1.165, 1.54) is 0 Å². The first-order valence-electron chi connectivity index (χ1n) is 5.33. The summed E-state index contributed by atoms with van der Waals surface area (Å²) in [5, 5.41) is 1.05. The van der Waals surface area contributed by atoms with E-state index in [2.05, 4.69) is 0 Å². The summed E-state index contributed by atoms with van der Waals surface area (Å²) >= 11 is 11.9. The minimum absolute atomic E-state index is 0.133. The van der Waals surface area contributed by atoms with Gasteiger partial charge in [-0.05, 0) is 37.6 Å². The minimum Gasteiger partial charge on any atom is -0.309 e. The second kappa shape index (κ2) is 6.77. The molecule has 0 saturated heterocycles. The predicted octanol–water partition coefficient (Wildman–Crippen LogP) is 4.76. The van der Waals surface area contributed by atoms with Gasteiger partial charge in [-0.3, -0.25) is 4.57 Å². The molecule has 0 saturated carbocycles. The van der Waals surface area contributed by atoms with Crippen molar-refractivity contribution in [3.05, 3.63) is 33.8 Å². The average molecular weight is 297 g/mol. The molecule has 1 aromatic rings. The highest BCUT2D eigenvalue weighted by Crippen LogP contribution is 2.52. The highest BCUT2D eigenvalue weighted by molar-refractivity contribution is 7.53. The first-order chi connectivity index (χ1) is 8.00. The topological polar surface area (TPSA) is 35.5 Å². The number of benzene rings is 1. The molecular weight excluding hydrogens is 282 g/mol. The van der Waals surface area contributed by atoms with Gasteiger partial charge in [-0.15, -0.1) is 0 Å². The van der Waals surface area contributed by atoms with Crippen LogP contribution in [0.15, 0.2) is 18.2 Å². The van der Waals surface area contributed by atoms with Crippen molar-refractivity contribution in [2.75, 3.05) is 13.2 Å². The summed E-state index contributed by atoms with van der Waals surface area (Å²) in [5.41, 5.74) is 0.671. The highest BCUT2D eigenvalue weighted by atomic mass is 35.5. The van der Waals surface area contributed by atoms with Crippen LogP contribution in [0.5, 0.6) is 0 Å². The van der Waals surface area contributed by atoms with Gasteiger partial charge in [0.15, 0.2) is 0 Å². The van der Waals surface area contributed by atoms with Gasteiger partial charge in [0, 0.05) is 10.0 Å². The summed E-state index contributed by atoms with van der Waals surface area (Å²) in [7, 11) is -3.13.